The maximum absolute atomic E-state index is 11.6. The van der Waals surface area contributed by atoms with E-state index < -0.39 is 0 Å². The molecule has 0 saturated heterocycles. The van der Waals surface area contributed by atoms with E-state index in [0.717, 1.165) is 22.8 Å². The Kier molecular flexibility index (Phi) is 3.20. The summed E-state index contributed by atoms with van der Waals surface area (Å²) in [6.07, 6.45) is 0. The SMILES string of the molecule is CC(=O)Nc1c(-n2nc(C)cc2C)nn2c(C)cc(C)nc12. The van der Waals surface area contributed by atoms with Crippen molar-refractivity contribution in [2.45, 2.75) is 34.6 Å². The molecule has 3 heterocycles. The fourth-order valence-electron chi connectivity index (χ4n) is 2.59. The van der Waals surface area contributed by atoms with Gasteiger partial charge in [0.2, 0.25) is 11.7 Å². The highest BCUT2D eigenvalue weighted by Gasteiger charge is 2.20. The fourth-order valence-corrected chi connectivity index (χ4v) is 2.59. The van der Waals surface area contributed by atoms with Gasteiger partial charge in [0, 0.05) is 24.0 Å². The van der Waals surface area contributed by atoms with Crippen LogP contribution in [0.15, 0.2) is 12.1 Å². The number of aromatic nitrogens is 5. The number of nitrogens with zero attached hydrogens (tertiary/aromatic N) is 5. The Morgan fingerprint density at radius 2 is 1.73 bits per heavy atom. The second kappa shape index (κ2) is 4.94. The first-order valence-corrected chi connectivity index (χ1v) is 7.05. The molecule has 0 atom stereocenters. The number of amides is 1. The van der Waals surface area contributed by atoms with E-state index in [4.69, 9.17) is 0 Å². The Bertz CT molecular complexity index is 889. The summed E-state index contributed by atoms with van der Waals surface area (Å²) in [6.45, 7) is 9.22. The third-order valence-corrected chi connectivity index (χ3v) is 3.39. The summed E-state index contributed by atoms with van der Waals surface area (Å²) in [5, 5.41) is 11.9. The monoisotopic (exact) mass is 298 g/mol. The molecule has 0 unspecified atom stereocenters. The third-order valence-electron chi connectivity index (χ3n) is 3.39. The molecule has 0 fully saturated rings. The highest BCUT2D eigenvalue weighted by atomic mass is 16.1. The van der Waals surface area contributed by atoms with Crippen LogP contribution in [0.5, 0.6) is 0 Å². The minimum Gasteiger partial charge on any atom is -0.320 e. The first-order valence-electron chi connectivity index (χ1n) is 7.05. The number of carbonyl (C=O) groups is 1. The van der Waals surface area contributed by atoms with Crippen molar-refractivity contribution in [3.63, 3.8) is 0 Å². The minimum atomic E-state index is -0.168. The maximum Gasteiger partial charge on any atom is 0.221 e. The zero-order valence-corrected chi connectivity index (χ0v) is 13.3. The predicted molar refractivity (Wildman–Crippen MR) is 83.4 cm³/mol. The molecule has 3 aromatic heterocycles. The normalized spacial score (nSPS) is 11.1. The summed E-state index contributed by atoms with van der Waals surface area (Å²) < 4.78 is 3.45. The molecule has 0 bridgehead atoms. The van der Waals surface area contributed by atoms with E-state index in [2.05, 4.69) is 20.5 Å². The fraction of sp³-hybridized carbons (Fsp3) is 0.333. The van der Waals surface area contributed by atoms with Crippen molar-refractivity contribution >= 4 is 17.2 Å². The van der Waals surface area contributed by atoms with E-state index in [1.807, 2.05) is 39.8 Å². The number of fused-ring (bicyclic) bond motifs is 1. The van der Waals surface area contributed by atoms with Crippen molar-refractivity contribution < 1.29 is 4.79 Å². The van der Waals surface area contributed by atoms with Gasteiger partial charge < -0.3 is 5.32 Å². The van der Waals surface area contributed by atoms with Crippen LogP contribution in [-0.2, 0) is 4.79 Å². The van der Waals surface area contributed by atoms with Crippen LogP contribution in [0, 0.1) is 27.7 Å². The maximum atomic E-state index is 11.6. The van der Waals surface area contributed by atoms with Crippen molar-refractivity contribution in [2.24, 2.45) is 0 Å². The van der Waals surface area contributed by atoms with Crippen LogP contribution < -0.4 is 5.32 Å². The predicted octanol–water partition coefficient (Wildman–Crippen LogP) is 2.11. The molecule has 1 N–H and O–H groups in total. The Morgan fingerprint density at radius 3 is 2.32 bits per heavy atom. The number of hydrogen-bond acceptors (Lipinski definition) is 4. The molecule has 0 spiro atoms. The van der Waals surface area contributed by atoms with Gasteiger partial charge >= 0.3 is 0 Å². The minimum absolute atomic E-state index is 0.168. The van der Waals surface area contributed by atoms with E-state index in [1.165, 1.54) is 6.92 Å². The number of aryl methyl sites for hydroxylation is 4. The summed E-state index contributed by atoms with van der Waals surface area (Å²) in [4.78, 5) is 16.1. The lowest BCUT2D eigenvalue weighted by Crippen LogP contribution is -2.10. The van der Waals surface area contributed by atoms with Crippen molar-refractivity contribution in [3.8, 4) is 5.82 Å². The lowest BCUT2D eigenvalue weighted by atomic mass is 10.3. The Morgan fingerprint density at radius 1 is 1.05 bits per heavy atom. The average molecular weight is 298 g/mol. The topological polar surface area (TPSA) is 77.1 Å². The summed E-state index contributed by atoms with van der Waals surface area (Å²) in [6, 6.07) is 3.91. The van der Waals surface area contributed by atoms with Gasteiger partial charge in [0.25, 0.3) is 0 Å². The smallest absolute Gasteiger partial charge is 0.221 e. The quantitative estimate of drug-likeness (QED) is 0.786. The molecule has 7 nitrogen and oxygen atoms in total. The van der Waals surface area contributed by atoms with Crippen LogP contribution in [0.4, 0.5) is 5.69 Å². The van der Waals surface area contributed by atoms with E-state index in [1.54, 1.807) is 9.20 Å². The van der Waals surface area contributed by atoms with E-state index in [-0.39, 0.29) is 5.91 Å². The molecule has 3 rings (SSSR count). The number of anilines is 1. The van der Waals surface area contributed by atoms with Crippen molar-refractivity contribution in [2.75, 3.05) is 5.32 Å². The van der Waals surface area contributed by atoms with Crippen LogP contribution in [0.25, 0.3) is 11.5 Å². The molecule has 0 saturated carbocycles. The standard InChI is InChI=1S/C15H18N6O/c1-8-6-10(3)20-14(16-8)13(17-12(5)22)15(19-20)21-11(4)7-9(2)18-21/h6-7H,1-5H3,(H,17,22). The van der Waals surface area contributed by atoms with Crippen LogP contribution in [0.1, 0.15) is 29.7 Å². The van der Waals surface area contributed by atoms with Gasteiger partial charge in [0.15, 0.2) is 5.65 Å². The van der Waals surface area contributed by atoms with E-state index in [9.17, 15) is 4.79 Å². The second-order valence-electron chi connectivity index (χ2n) is 5.49. The van der Waals surface area contributed by atoms with Crippen molar-refractivity contribution in [1.29, 1.82) is 0 Å². The molecule has 7 heteroatoms. The van der Waals surface area contributed by atoms with Crippen LogP contribution >= 0.6 is 0 Å². The summed E-state index contributed by atoms with van der Waals surface area (Å²) in [5.41, 5.74) is 4.85. The van der Waals surface area contributed by atoms with Crippen LogP contribution in [-0.4, -0.2) is 30.3 Å². The van der Waals surface area contributed by atoms with Gasteiger partial charge in [-0.1, -0.05) is 0 Å². The molecular weight excluding hydrogens is 280 g/mol. The molecule has 0 aliphatic rings. The lowest BCUT2D eigenvalue weighted by molar-refractivity contribution is -0.114. The van der Waals surface area contributed by atoms with Gasteiger partial charge in [0.1, 0.15) is 5.69 Å². The highest BCUT2D eigenvalue weighted by molar-refractivity contribution is 5.95. The molecule has 0 aliphatic heterocycles. The molecule has 114 valence electrons. The lowest BCUT2D eigenvalue weighted by Gasteiger charge is -2.05. The number of nitrogens with one attached hydrogen (secondary N) is 1. The first-order chi connectivity index (χ1) is 10.4. The van der Waals surface area contributed by atoms with Gasteiger partial charge in [-0.25, -0.2) is 14.2 Å². The van der Waals surface area contributed by atoms with Crippen LogP contribution in [0.2, 0.25) is 0 Å². The van der Waals surface area contributed by atoms with Gasteiger partial charge in [0.05, 0.1) is 5.69 Å². The molecule has 22 heavy (non-hydrogen) atoms. The summed E-state index contributed by atoms with van der Waals surface area (Å²) in [5.74, 6) is 0.403. The second-order valence-corrected chi connectivity index (χ2v) is 5.49. The molecular formula is C15H18N6O. The van der Waals surface area contributed by atoms with Gasteiger partial charge in [-0.05, 0) is 39.8 Å². The highest BCUT2D eigenvalue weighted by Crippen LogP contribution is 2.26. The van der Waals surface area contributed by atoms with Gasteiger partial charge in [-0.2, -0.15) is 5.10 Å². The van der Waals surface area contributed by atoms with Crippen molar-refractivity contribution in [3.05, 3.63) is 34.9 Å². The Hall–Kier alpha value is -2.70. The number of carbonyl (C=O) groups excluding carboxylic acids is 1. The molecule has 0 radical (unpaired) electrons. The largest absolute Gasteiger partial charge is 0.320 e. The van der Waals surface area contributed by atoms with Gasteiger partial charge in [-0.15, -0.1) is 5.10 Å². The number of rotatable bonds is 2. The molecule has 3 aromatic rings. The molecule has 1 amide bonds. The third kappa shape index (κ3) is 2.24. The van der Waals surface area contributed by atoms with Gasteiger partial charge in [-0.3, -0.25) is 4.79 Å². The zero-order chi connectivity index (χ0) is 16.0. The first kappa shape index (κ1) is 14.2. The molecule has 0 aromatic carbocycles. The Labute approximate surface area is 128 Å². The summed E-state index contributed by atoms with van der Waals surface area (Å²) >= 11 is 0. The van der Waals surface area contributed by atoms with Crippen LogP contribution in [0.3, 0.4) is 0 Å². The molecule has 0 aliphatic carbocycles. The zero-order valence-electron chi connectivity index (χ0n) is 13.3. The number of hydrogen-bond donors (Lipinski definition) is 1. The average Bonchev–Trinajstić information content (AvgIpc) is 2.90. The van der Waals surface area contributed by atoms with Crippen molar-refractivity contribution in [1.82, 2.24) is 24.4 Å². The Balaban J connectivity index is 2.35. The van der Waals surface area contributed by atoms with E-state index in [0.29, 0.717) is 17.2 Å². The van der Waals surface area contributed by atoms with E-state index >= 15 is 0 Å². The summed E-state index contributed by atoms with van der Waals surface area (Å²) in [7, 11) is 0.